The van der Waals surface area contributed by atoms with Crippen molar-refractivity contribution in [2.24, 2.45) is 4.99 Å². The van der Waals surface area contributed by atoms with Gasteiger partial charge in [0.25, 0.3) is 5.56 Å². The first-order chi connectivity index (χ1) is 12.4. The minimum Gasteiger partial charge on any atom is -0.394 e. The molecule has 4 N–H and O–H groups in total. The molecule has 2 aromatic heterocycles. The number of amidine groups is 1. The first-order valence-corrected chi connectivity index (χ1v) is 9.21. The van der Waals surface area contributed by atoms with E-state index in [-0.39, 0.29) is 5.56 Å². The van der Waals surface area contributed by atoms with Crippen molar-refractivity contribution in [3.05, 3.63) is 28.7 Å². The number of anilines is 1. The fraction of sp³-hybridized carbons (Fsp3) is 0.438. The molecule has 1 saturated heterocycles. The summed E-state index contributed by atoms with van der Waals surface area (Å²) in [5.41, 5.74) is -2.03. The molecule has 138 valence electrons. The zero-order valence-corrected chi connectivity index (χ0v) is 14.9. The van der Waals surface area contributed by atoms with Gasteiger partial charge in [0.05, 0.1) is 12.0 Å². The molecule has 10 heteroatoms. The van der Waals surface area contributed by atoms with Crippen molar-refractivity contribution >= 4 is 39.3 Å². The lowest BCUT2D eigenvalue weighted by molar-refractivity contribution is -0.0955. The van der Waals surface area contributed by atoms with Crippen molar-refractivity contribution in [3.8, 4) is 0 Å². The number of hydrogen-bond donors (Lipinski definition) is 4. The van der Waals surface area contributed by atoms with Crippen molar-refractivity contribution in [2.45, 2.75) is 31.0 Å². The van der Waals surface area contributed by atoms with Crippen molar-refractivity contribution < 1.29 is 20.1 Å². The van der Waals surface area contributed by atoms with Crippen LogP contribution in [0.2, 0.25) is 0 Å². The maximum atomic E-state index is 11.8. The number of thioether (sulfide) groups is 1. The molecule has 26 heavy (non-hydrogen) atoms. The Morgan fingerprint density at radius 2 is 2.23 bits per heavy atom. The standard InChI is InChI=1S/C16H18N4O5S/c1-16(24)11(23)8(6-21)25-14(16)20-5-7-3-4-9(22)17-12-10(7)13(20)19-15(18-12)26-2/h3-5,8,11,14,21,23-24H,6H2,1-2H3,(H,17,18,19,22)/t8-,11-,14?,16-/m1/s1. The van der Waals surface area contributed by atoms with Crippen molar-refractivity contribution in [1.82, 2.24) is 9.55 Å². The molecule has 0 radical (unpaired) electrons. The van der Waals surface area contributed by atoms with E-state index in [1.54, 1.807) is 16.8 Å². The zero-order valence-electron chi connectivity index (χ0n) is 14.1. The fourth-order valence-corrected chi connectivity index (χ4v) is 3.74. The molecule has 0 bridgehead atoms. The van der Waals surface area contributed by atoms with Gasteiger partial charge in [-0.15, -0.1) is 0 Å². The van der Waals surface area contributed by atoms with E-state index < -0.39 is 30.6 Å². The van der Waals surface area contributed by atoms with Crippen LogP contribution >= 0.6 is 11.8 Å². The highest BCUT2D eigenvalue weighted by molar-refractivity contribution is 8.13. The molecule has 1 unspecified atom stereocenters. The Balaban J connectivity index is 1.96. The molecule has 0 amide bonds. The van der Waals surface area contributed by atoms with Crippen LogP contribution in [0.1, 0.15) is 13.2 Å². The molecule has 2 aromatic rings. The minimum atomic E-state index is -1.64. The first kappa shape index (κ1) is 17.4. The van der Waals surface area contributed by atoms with Crippen molar-refractivity contribution in [1.29, 1.82) is 0 Å². The number of ether oxygens (including phenoxy) is 1. The summed E-state index contributed by atoms with van der Waals surface area (Å²) in [7, 11) is 0. The SMILES string of the molecule is CSC1=Nc2c3c(nc(=O)ccc3cn2C2O[C@H](CO)[C@@H](O)[C@@]2(C)O)N1. The summed E-state index contributed by atoms with van der Waals surface area (Å²) >= 11 is 1.35. The number of nitrogens with zero attached hydrogens (tertiary/aromatic N) is 3. The van der Waals surface area contributed by atoms with Gasteiger partial charge in [-0.25, -0.2) is 4.99 Å². The second-order valence-electron chi connectivity index (χ2n) is 6.45. The molecule has 0 saturated carbocycles. The van der Waals surface area contributed by atoms with Gasteiger partial charge in [0.1, 0.15) is 29.4 Å². The average molecular weight is 378 g/mol. The highest BCUT2D eigenvalue weighted by atomic mass is 32.2. The maximum absolute atomic E-state index is 11.8. The van der Waals surface area contributed by atoms with Crippen LogP contribution in [0.3, 0.4) is 0 Å². The lowest BCUT2D eigenvalue weighted by atomic mass is 9.96. The molecule has 0 aromatic carbocycles. The summed E-state index contributed by atoms with van der Waals surface area (Å²) in [6, 6.07) is 2.98. The third-order valence-electron chi connectivity index (χ3n) is 4.71. The Bertz CT molecular complexity index is 973. The largest absolute Gasteiger partial charge is 0.394 e. The number of aliphatic hydroxyl groups excluding tert-OH is 2. The Labute approximate surface area is 152 Å². The second kappa shape index (κ2) is 6.03. The van der Waals surface area contributed by atoms with Gasteiger partial charge in [-0.2, -0.15) is 4.98 Å². The van der Waals surface area contributed by atoms with Gasteiger partial charge in [0.2, 0.25) is 0 Å². The first-order valence-electron chi connectivity index (χ1n) is 7.99. The molecule has 2 aliphatic rings. The van der Waals surface area contributed by atoms with Crippen LogP contribution in [0.5, 0.6) is 0 Å². The van der Waals surface area contributed by atoms with Gasteiger partial charge in [-0.3, -0.25) is 4.79 Å². The third-order valence-corrected chi connectivity index (χ3v) is 5.29. The summed E-state index contributed by atoms with van der Waals surface area (Å²) in [5.74, 6) is 0.831. The third kappa shape index (κ3) is 2.45. The highest BCUT2D eigenvalue weighted by Crippen LogP contribution is 2.45. The molecule has 9 nitrogen and oxygen atoms in total. The summed E-state index contributed by atoms with van der Waals surface area (Å²) in [5, 5.41) is 35.3. The average Bonchev–Trinajstić information content (AvgIpc) is 3.01. The van der Waals surface area contributed by atoms with E-state index in [0.717, 1.165) is 0 Å². The molecule has 0 aliphatic carbocycles. The van der Waals surface area contributed by atoms with E-state index in [4.69, 9.17) is 4.74 Å². The van der Waals surface area contributed by atoms with Crippen LogP contribution < -0.4 is 10.9 Å². The van der Waals surface area contributed by atoms with E-state index >= 15 is 0 Å². The van der Waals surface area contributed by atoms with Crippen LogP contribution in [0.25, 0.3) is 10.8 Å². The number of hydrogen-bond acceptors (Lipinski definition) is 9. The van der Waals surface area contributed by atoms with Gasteiger partial charge in [-0.05, 0) is 19.2 Å². The number of aromatic nitrogens is 2. The van der Waals surface area contributed by atoms with Crippen molar-refractivity contribution in [2.75, 3.05) is 18.2 Å². The quantitative estimate of drug-likeness (QED) is 0.582. The number of rotatable bonds is 2. The Morgan fingerprint density at radius 1 is 1.46 bits per heavy atom. The minimum absolute atomic E-state index is 0.375. The van der Waals surface area contributed by atoms with Crippen LogP contribution in [0, 0.1) is 0 Å². The Morgan fingerprint density at radius 3 is 2.88 bits per heavy atom. The summed E-state index contributed by atoms with van der Waals surface area (Å²) in [6.07, 6.45) is 0.376. The van der Waals surface area contributed by atoms with Crippen LogP contribution in [-0.4, -0.2) is 60.7 Å². The van der Waals surface area contributed by atoms with Crippen LogP contribution in [-0.2, 0) is 4.74 Å². The number of nitrogens with one attached hydrogen (secondary N) is 1. The van der Waals surface area contributed by atoms with Gasteiger partial charge >= 0.3 is 0 Å². The molecular weight excluding hydrogens is 360 g/mol. The maximum Gasteiger partial charge on any atom is 0.271 e. The molecule has 4 heterocycles. The van der Waals surface area contributed by atoms with E-state index in [1.165, 1.54) is 24.8 Å². The summed E-state index contributed by atoms with van der Waals surface area (Å²) in [6.45, 7) is 1.02. The fourth-order valence-electron chi connectivity index (χ4n) is 3.36. The zero-order chi connectivity index (χ0) is 18.6. The molecule has 4 rings (SSSR count). The van der Waals surface area contributed by atoms with Gasteiger partial charge in [0.15, 0.2) is 11.4 Å². The van der Waals surface area contributed by atoms with E-state index in [1.807, 2.05) is 6.26 Å². The van der Waals surface area contributed by atoms with Gasteiger partial charge in [0, 0.05) is 17.6 Å². The van der Waals surface area contributed by atoms with Gasteiger partial charge < -0.3 is 29.9 Å². The lowest BCUT2D eigenvalue weighted by Gasteiger charge is -2.28. The van der Waals surface area contributed by atoms with E-state index in [0.29, 0.717) is 27.6 Å². The molecule has 0 spiro atoms. The van der Waals surface area contributed by atoms with E-state index in [2.05, 4.69) is 15.3 Å². The molecular formula is C16H18N4O5S. The van der Waals surface area contributed by atoms with Crippen molar-refractivity contribution in [3.63, 3.8) is 0 Å². The molecule has 2 aliphatic heterocycles. The second-order valence-corrected chi connectivity index (χ2v) is 7.24. The molecule has 1 fully saturated rings. The smallest absolute Gasteiger partial charge is 0.271 e. The Kier molecular flexibility index (Phi) is 4.04. The van der Waals surface area contributed by atoms with E-state index in [9.17, 15) is 20.1 Å². The predicted molar refractivity (Wildman–Crippen MR) is 97.9 cm³/mol. The molecule has 4 atom stereocenters. The number of aliphatic imine (C=N–C) groups is 1. The highest BCUT2D eigenvalue weighted by Gasteiger charge is 2.53. The number of aliphatic hydroxyl groups is 3. The topological polar surface area (TPSA) is 129 Å². The monoisotopic (exact) mass is 378 g/mol. The summed E-state index contributed by atoms with van der Waals surface area (Å²) in [4.78, 5) is 20.4. The van der Waals surface area contributed by atoms with Crippen LogP contribution in [0.4, 0.5) is 11.6 Å². The summed E-state index contributed by atoms with van der Waals surface area (Å²) < 4.78 is 7.32. The van der Waals surface area contributed by atoms with Crippen LogP contribution in [0.15, 0.2) is 28.1 Å². The normalized spacial score (nSPS) is 30.3. The lowest BCUT2D eigenvalue weighted by Crippen LogP contribution is -2.44. The van der Waals surface area contributed by atoms with Gasteiger partial charge in [-0.1, -0.05) is 11.8 Å². The predicted octanol–water partition coefficient (Wildman–Crippen LogP) is 0.174. The Hall–Kier alpha value is -1.98.